The lowest BCUT2D eigenvalue weighted by Gasteiger charge is -2.09. The zero-order chi connectivity index (χ0) is 17.9. The number of benzene rings is 1. The summed E-state index contributed by atoms with van der Waals surface area (Å²) in [5, 5.41) is 6.64. The molecule has 0 unspecified atom stereocenters. The van der Waals surface area contributed by atoms with Gasteiger partial charge in [-0.2, -0.15) is 18.3 Å². The SMILES string of the molecule is O=C(Cc1cccc(C(F)(F)F)c1)Nc1ccc(-n2cccn2)nc1. The third-order valence-electron chi connectivity index (χ3n) is 3.39. The van der Waals surface area contributed by atoms with Gasteiger partial charge in [0.2, 0.25) is 5.91 Å². The Kier molecular flexibility index (Phi) is 4.51. The highest BCUT2D eigenvalue weighted by Gasteiger charge is 2.30. The first-order valence-corrected chi connectivity index (χ1v) is 7.34. The summed E-state index contributed by atoms with van der Waals surface area (Å²) < 4.78 is 39.6. The molecule has 1 N–H and O–H groups in total. The minimum absolute atomic E-state index is 0.162. The summed E-state index contributed by atoms with van der Waals surface area (Å²) in [6, 6.07) is 9.78. The number of hydrogen-bond donors (Lipinski definition) is 1. The Morgan fingerprint density at radius 1 is 1.16 bits per heavy atom. The number of pyridine rings is 1. The summed E-state index contributed by atoms with van der Waals surface area (Å²) in [6.07, 6.45) is 0.214. The fourth-order valence-corrected chi connectivity index (χ4v) is 2.25. The maximum absolute atomic E-state index is 12.7. The standard InChI is InChI=1S/C17H13F3N4O/c18-17(19,20)13-4-1-3-12(9-13)10-16(25)23-14-5-6-15(21-11-14)24-8-2-7-22-24/h1-9,11H,10H2,(H,23,25). The summed E-state index contributed by atoms with van der Waals surface area (Å²) in [6.45, 7) is 0. The number of carbonyl (C=O) groups excluding carboxylic acids is 1. The molecule has 0 radical (unpaired) electrons. The van der Waals surface area contributed by atoms with Crippen LogP contribution in [0.4, 0.5) is 18.9 Å². The van der Waals surface area contributed by atoms with Crippen molar-refractivity contribution >= 4 is 11.6 Å². The summed E-state index contributed by atoms with van der Waals surface area (Å²) in [7, 11) is 0. The maximum atomic E-state index is 12.7. The van der Waals surface area contributed by atoms with Crippen molar-refractivity contribution in [1.82, 2.24) is 14.8 Å². The predicted molar refractivity (Wildman–Crippen MR) is 85.1 cm³/mol. The number of nitrogens with one attached hydrogen (secondary N) is 1. The summed E-state index contributed by atoms with van der Waals surface area (Å²) in [5.41, 5.74) is -0.0376. The summed E-state index contributed by atoms with van der Waals surface area (Å²) >= 11 is 0. The highest BCUT2D eigenvalue weighted by atomic mass is 19.4. The van der Waals surface area contributed by atoms with Gasteiger partial charge in [-0.05, 0) is 29.8 Å². The van der Waals surface area contributed by atoms with Gasteiger partial charge in [-0.1, -0.05) is 18.2 Å². The average Bonchev–Trinajstić information content (AvgIpc) is 3.09. The van der Waals surface area contributed by atoms with Gasteiger partial charge in [-0.3, -0.25) is 4.79 Å². The van der Waals surface area contributed by atoms with Crippen molar-refractivity contribution in [3.63, 3.8) is 0 Å². The largest absolute Gasteiger partial charge is 0.416 e. The molecule has 1 amide bonds. The van der Waals surface area contributed by atoms with E-state index in [0.717, 1.165) is 12.1 Å². The first-order chi connectivity index (χ1) is 11.9. The molecular formula is C17H13F3N4O. The van der Waals surface area contributed by atoms with E-state index in [1.807, 2.05) is 0 Å². The van der Waals surface area contributed by atoms with Crippen molar-refractivity contribution in [3.8, 4) is 5.82 Å². The number of anilines is 1. The Morgan fingerprint density at radius 3 is 2.64 bits per heavy atom. The Morgan fingerprint density at radius 2 is 2.00 bits per heavy atom. The zero-order valence-electron chi connectivity index (χ0n) is 12.9. The van der Waals surface area contributed by atoms with Crippen LogP contribution in [0.3, 0.4) is 0 Å². The van der Waals surface area contributed by atoms with E-state index in [-0.39, 0.29) is 12.0 Å². The third kappa shape index (κ3) is 4.23. The van der Waals surface area contributed by atoms with Crippen LogP contribution in [0, 0.1) is 0 Å². The van der Waals surface area contributed by atoms with Crippen molar-refractivity contribution in [1.29, 1.82) is 0 Å². The van der Waals surface area contributed by atoms with Gasteiger partial charge in [0.25, 0.3) is 0 Å². The van der Waals surface area contributed by atoms with Crippen molar-refractivity contribution < 1.29 is 18.0 Å². The number of rotatable bonds is 4. The molecule has 0 aliphatic rings. The fraction of sp³-hybridized carbons (Fsp3) is 0.118. The van der Waals surface area contributed by atoms with Crippen molar-refractivity contribution in [2.45, 2.75) is 12.6 Å². The number of amides is 1. The molecule has 0 aliphatic heterocycles. The van der Waals surface area contributed by atoms with E-state index in [0.29, 0.717) is 11.5 Å². The van der Waals surface area contributed by atoms with Gasteiger partial charge in [-0.25, -0.2) is 9.67 Å². The van der Waals surface area contributed by atoms with E-state index in [1.165, 1.54) is 18.3 Å². The second kappa shape index (κ2) is 6.76. The monoisotopic (exact) mass is 346 g/mol. The molecule has 0 spiro atoms. The Labute approximate surface area is 141 Å². The Hall–Kier alpha value is -3.16. The molecule has 128 valence electrons. The van der Waals surface area contributed by atoms with Crippen LogP contribution in [0.5, 0.6) is 0 Å². The molecule has 0 atom stereocenters. The molecule has 2 aromatic heterocycles. The second-order valence-corrected chi connectivity index (χ2v) is 5.28. The van der Waals surface area contributed by atoms with Gasteiger partial charge in [-0.15, -0.1) is 0 Å². The van der Waals surface area contributed by atoms with Crippen molar-refractivity contribution in [3.05, 3.63) is 72.2 Å². The van der Waals surface area contributed by atoms with Crippen LogP contribution in [-0.2, 0) is 17.4 Å². The van der Waals surface area contributed by atoms with Gasteiger partial charge in [0, 0.05) is 12.4 Å². The van der Waals surface area contributed by atoms with E-state index < -0.39 is 17.6 Å². The molecule has 2 heterocycles. The average molecular weight is 346 g/mol. The van der Waals surface area contributed by atoms with Gasteiger partial charge in [0.15, 0.2) is 5.82 Å². The van der Waals surface area contributed by atoms with E-state index in [4.69, 9.17) is 0 Å². The Balaban J connectivity index is 1.65. The van der Waals surface area contributed by atoms with Crippen LogP contribution in [-0.4, -0.2) is 20.7 Å². The number of hydrogen-bond acceptors (Lipinski definition) is 3. The minimum Gasteiger partial charge on any atom is -0.324 e. The first-order valence-electron chi connectivity index (χ1n) is 7.34. The van der Waals surface area contributed by atoms with Crippen LogP contribution < -0.4 is 5.32 Å². The molecule has 25 heavy (non-hydrogen) atoms. The maximum Gasteiger partial charge on any atom is 0.416 e. The van der Waals surface area contributed by atoms with Gasteiger partial charge in [0.1, 0.15) is 0 Å². The number of nitrogens with zero attached hydrogens (tertiary/aromatic N) is 3. The minimum atomic E-state index is -4.43. The first kappa shape index (κ1) is 16.7. The van der Waals surface area contributed by atoms with Gasteiger partial charge in [0.05, 0.1) is 23.9 Å². The molecule has 8 heteroatoms. The quantitative estimate of drug-likeness (QED) is 0.787. The highest BCUT2D eigenvalue weighted by molar-refractivity contribution is 5.92. The highest BCUT2D eigenvalue weighted by Crippen LogP contribution is 2.29. The zero-order valence-corrected chi connectivity index (χ0v) is 12.9. The lowest BCUT2D eigenvalue weighted by atomic mass is 10.1. The van der Waals surface area contributed by atoms with Crippen molar-refractivity contribution in [2.75, 3.05) is 5.32 Å². The number of alkyl halides is 3. The van der Waals surface area contributed by atoms with Crippen LogP contribution in [0.25, 0.3) is 5.82 Å². The van der Waals surface area contributed by atoms with E-state index in [9.17, 15) is 18.0 Å². The fourth-order valence-electron chi connectivity index (χ4n) is 2.25. The van der Waals surface area contributed by atoms with Crippen molar-refractivity contribution in [2.24, 2.45) is 0 Å². The van der Waals surface area contributed by atoms with Gasteiger partial charge >= 0.3 is 6.18 Å². The molecule has 0 aliphatic carbocycles. The molecule has 1 aromatic carbocycles. The lowest BCUT2D eigenvalue weighted by Crippen LogP contribution is -2.15. The third-order valence-corrected chi connectivity index (χ3v) is 3.39. The normalized spacial score (nSPS) is 11.3. The van der Waals surface area contributed by atoms with Gasteiger partial charge < -0.3 is 5.32 Å². The molecular weight excluding hydrogens is 333 g/mol. The Bertz CT molecular complexity index is 858. The molecule has 3 aromatic rings. The number of aromatic nitrogens is 3. The van der Waals surface area contributed by atoms with Crippen LogP contribution in [0.2, 0.25) is 0 Å². The lowest BCUT2D eigenvalue weighted by molar-refractivity contribution is -0.137. The molecule has 0 fully saturated rings. The van der Waals surface area contributed by atoms with Crippen LogP contribution in [0.1, 0.15) is 11.1 Å². The summed E-state index contributed by atoms with van der Waals surface area (Å²) in [4.78, 5) is 16.2. The van der Waals surface area contributed by atoms with E-state index in [1.54, 1.807) is 35.3 Å². The van der Waals surface area contributed by atoms with E-state index in [2.05, 4.69) is 15.4 Å². The molecule has 0 saturated heterocycles. The summed E-state index contributed by atoms with van der Waals surface area (Å²) in [5.74, 6) is 0.161. The smallest absolute Gasteiger partial charge is 0.324 e. The van der Waals surface area contributed by atoms with E-state index >= 15 is 0 Å². The second-order valence-electron chi connectivity index (χ2n) is 5.28. The number of carbonyl (C=O) groups is 1. The molecule has 0 bridgehead atoms. The molecule has 3 rings (SSSR count). The number of halogens is 3. The van der Waals surface area contributed by atoms with Crippen LogP contribution in [0.15, 0.2) is 61.1 Å². The topological polar surface area (TPSA) is 59.8 Å². The predicted octanol–water partition coefficient (Wildman–Crippen LogP) is 3.47. The molecule has 5 nitrogen and oxygen atoms in total. The van der Waals surface area contributed by atoms with Crippen LogP contribution >= 0.6 is 0 Å². The molecule has 0 saturated carbocycles.